The number of aryl methyl sites for hydroxylation is 1. The number of hydrogen-bond donors (Lipinski definition) is 2. The molecular formula is C28H36F6N6O3S. The molecule has 0 bridgehead atoms. The zero-order valence-corrected chi connectivity index (χ0v) is 25.8. The standard InChI is InChI=1S/C28H36F6N6O3S/c1-16(2)40-24(37-26(35-4)36-19-8-10-23(39(5)6)27(30,31)15-19)17(3)13-20(25(40)41)18-7-9-22(21(29)14-18)38-44(42,43)12-11-28(32,33)34/h7,9,13-14,16,19,23,38H,4,8,10-12,15H2,1-3,5-6H3,(H,36,37)/t19-,23-/m1/s1. The molecule has 2 aromatic rings. The number of aromatic nitrogens is 1. The average Bonchev–Trinajstić information content (AvgIpc) is 2.88. The van der Waals surface area contributed by atoms with E-state index < -0.39 is 75.9 Å². The highest BCUT2D eigenvalue weighted by atomic mass is 32.2. The average molecular weight is 651 g/mol. The minimum absolute atomic E-state index is 0.0447. The van der Waals surface area contributed by atoms with Crippen LogP contribution in [0.1, 0.15) is 51.1 Å². The van der Waals surface area contributed by atoms with Gasteiger partial charge in [-0.15, -0.1) is 0 Å². The van der Waals surface area contributed by atoms with E-state index in [1.54, 1.807) is 39.6 Å². The SMILES string of the molecule is C=N/C(=N\c1c(C)cc(-c2ccc(NS(=O)(=O)CCC(F)(F)F)c(F)c2)c(=O)n1C(C)C)N[C@@H]1CC[C@@H](N(C)C)C(F)(F)C1. The molecule has 1 fully saturated rings. The minimum Gasteiger partial charge on any atom is -0.351 e. The maximum Gasteiger partial charge on any atom is 0.390 e. The number of benzene rings is 1. The van der Waals surface area contributed by atoms with Crippen LogP contribution in [0, 0.1) is 12.7 Å². The Hall–Kier alpha value is -3.40. The highest BCUT2D eigenvalue weighted by molar-refractivity contribution is 7.92. The van der Waals surface area contributed by atoms with Crippen LogP contribution >= 0.6 is 0 Å². The number of pyridine rings is 1. The molecule has 244 valence electrons. The van der Waals surface area contributed by atoms with E-state index in [0.717, 1.165) is 12.1 Å². The van der Waals surface area contributed by atoms with E-state index in [9.17, 15) is 39.6 Å². The maximum atomic E-state index is 14.9. The van der Waals surface area contributed by atoms with Crippen molar-refractivity contribution < 1.29 is 34.8 Å². The first-order valence-corrected chi connectivity index (χ1v) is 15.4. The van der Waals surface area contributed by atoms with Crippen molar-refractivity contribution in [3.63, 3.8) is 0 Å². The monoisotopic (exact) mass is 650 g/mol. The number of sulfonamides is 1. The third kappa shape index (κ3) is 8.61. The lowest BCUT2D eigenvalue weighted by atomic mass is 9.87. The first-order chi connectivity index (χ1) is 20.2. The number of anilines is 1. The third-order valence-electron chi connectivity index (χ3n) is 7.22. The van der Waals surface area contributed by atoms with E-state index in [-0.39, 0.29) is 29.3 Å². The van der Waals surface area contributed by atoms with E-state index in [1.165, 1.54) is 21.6 Å². The van der Waals surface area contributed by atoms with E-state index in [0.29, 0.717) is 12.0 Å². The second kappa shape index (κ2) is 13.3. The smallest absolute Gasteiger partial charge is 0.351 e. The molecule has 0 amide bonds. The summed E-state index contributed by atoms with van der Waals surface area (Å²) in [7, 11) is -1.29. The molecule has 1 aliphatic carbocycles. The molecule has 0 radical (unpaired) electrons. The molecule has 0 spiro atoms. The van der Waals surface area contributed by atoms with Crippen molar-refractivity contribution in [2.75, 3.05) is 24.6 Å². The lowest BCUT2D eigenvalue weighted by Gasteiger charge is -2.39. The van der Waals surface area contributed by atoms with Crippen molar-refractivity contribution >= 4 is 34.2 Å². The van der Waals surface area contributed by atoms with Gasteiger partial charge in [0.25, 0.3) is 11.5 Å². The number of guanidine groups is 1. The summed E-state index contributed by atoms with van der Waals surface area (Å²) in [5, 5.41) is 2.92. The van der Waals surface area contributed by atoms with Gasteiger partial charge in [0.15, 0.2) is 0 Å². The molecule has 1 saturated carbocycles. The summed E-state index contributed by atoms with van der Waals surface area (Å²) in [4.78, 5) is 23.4. The summed E-state index contributed by atoms with van der Waals surface area (Å²) < 4.78 is 109. The Balaban J connectivity index is 1.94. The number of hydrogen-bond acceptors (Lipinski definition) is 5. The first-order valence-electron chi connectivity index (χ1n) is 13.7. The lowest BCUT2D eigenvalue weighted by molar-refractivity contribution is -0.129. The van der Waals surface area contributed by atoms with Gasteiger partial charge in [0, 0.05) is 24.1 Å². The summed E-state index contributed by atoms with van der Waals surface area (Å²) in [6.07, 6.45) is -6.08. The van der Waals surface area contributed by atoms with E-state index >= 15 is 0 Å². The highest BCUT2D eigenvalue weighted by Gasteiger charge is 2.46. The van der Waals surface area contributed by atoms with Crippen LogP contribution in [0.15, 0.2) is 39.0 Å². The fourth-order valence-electron chi connectivity index (χ4n) is 5.11. The Labute approximate surface area is 252 Å². The Morgan fingerprint density at radius 3 is 2.39 bits per heavy atom. The van der Waals surface area contributed by atoms with Crippen molar-refractivity contribution in [2.45, 2.75) is 76.7 Å². The number of halogens is 6. The molecule has 1 aromatic carbocycles. The fraction of sp³-hybridized carbons (Fsp3) is 0.536. The fourth-order valence-corrected chi connectivity index (χ4v) is 6.22. The Kier molecular flexibility index (Phi) is 10.6. The van der Waals surface area contributed by atoms with Crippen LogP contribution in [0.5, 0.6) is 0 Å². The molecule has 1 aromatic heterocycles. The number of nitrogens with zero attached hydrogens (tertiary/aromatic N) is 4. The van der Waals surface area contributed by atoms with E-state index in [4.69, 9.17) is 0 Å². The molecule has 44 heavy (non-hydrogen) atoms. The van der Waals surface area contributed by atoms with Crippen LogP contribution < -0.4 is 15.6 Å². The topological polar surface area (TPSA) is 108 Å². The molecule has 3 rings (SSSR count). The van der Waals surface area contributed by atoms with Gasteiger partial charge in [-0.25, -0.2) is 26.6 Å². The molecule has 16 heteroatoms. The predicted octanol–water partition coefficient (Wildman–Crippen LogP) is 5.63. The summed E-state index contributed by atoms with van der Waals surface area (Å²) in [6.45, 7) is 8.54. The molecular weight excluding hydrogens is 614 g/mol. The highest BCUT2D eigenvalue weighted by Crippen LogP contribution is 2.36. The Morgan fingerprint density at radius 1 is 1.20 bits per heavy atom. The molecule has 1 aliphatic rings. The van der Waals surface area contributed by atoms with Gasteiger partial charge in [-0.2, -0.15) is 18.2 Å². The van der Waals surface area contributed by atoms with Gasteiger partial charge in [0.2, 0.25) is 16.0 Å². The lowest BCUT2D eigenvalue weighted by Crippen LogP contribution is -2.53. The number of alkyl halides is 5. The van der Waals surface area contributed by atoms with Crippen LogP contribution in [0.4, 0.5) is 37.8 Å². The summed E-state index contributed by atoms with van der Waals surface area (Å²) >= 11 is 0. The van der Waals surface area contributed by atoms with Crippen molar-refractivity contribution in [1.82, 2.24) is 14.8 Å². The summed E-state index contributed by atoms with van der Waals surface area (Å²) in [6, 6.07) is 2.62. The number of rotatable bonds is 9. The van der Waals surface area contributed by atoms with Gasteiger partial charge < -0.3 is 10.2 Å². The van der Waals surface area contributed by atoms with Crippen LogP contribution in [0.3, 0.4) is 0 Å². The third-order valence-corrected chi connectivity index (χ3v) is 8.49. The zero-order valence-electron chi connectivity index (χ0n) is 25.0. The van der Waals surface area contributed by atoms with Gasteiger partial charge in [-0.1, -0.05) is 6.07 Å². The Morgan fingerprint density at radius 2 is 1.86 bits per heavy atom. The Bertz CT molecular complexity index is 1570. The van der Waals surface area contributed by atoms with Crippen LogP contribution in [0.2, 0.25) is 0 Å². The van der Waals surface area contributed by atoms with Crippen LogP contribution in [-0.2, 0) is 10.0 Å². The van der Waals surface area contributed by atoms with Gasteiger partial charge in [0.1, 0.15) is 11.6 Å². The second-order valence-corrected chi connectivity index (χ2v) is 13.1. The molecule has 1 heterocycles. The van der Waals surface area contributed by atoms with Crippen molar-refractivity contribution in [1.29, 1.82) is 0 Å². The van der Waals surface area contributed by atoms with Gasteiger partial charge in [0.05, 0.1) is 23.9 Å². The number of aliphatic imine (C=N–C) groups is 2. The molecule has 2 atom stereocenters. The first kappa shape index (κ1) is 35.1. The van der Waals surface area contributed by atoms with Gasteiger partial charge >= 0.3 is 6.18 Å². The van der Waals surface area contributed by atoms with Crippen molar-refractivity contribution in [2.24, 2.45) is 9.98 Å². The van der Waals surface area contributed by atoms with Crippen LogP contribution in [-0.4, -0.2) is 74.6 Å². The normalized spacial score (nSPS) is 19.3. The predicted molar refractivity (Wildman–Crippen MR) is 159 cm³/mol. The largest absolute Gasteiger partial charge is 0.390 e. The molecule has 0 saturated heterocycles. The van der Waals surface area contributed by atoms with Crippen molar-refractivity contribution in [3.05, 3.63) is 46.0 Å². The second-order valence-electron chi connectivity index (χ2n) is 11.3. The van der Waals surface area contributed by atoms with E-state index in [1.807, 2.05) is 0 Å². The quantitative estimate of drug-likeness (QED) is 0.208. The van der Waals surface area contributed by atoms with Gasteiger partial charge in [-0.05, 0) is 83.8 Å². The molecule has 0 aliphatic heterocycles. The summed E-state index contributed by atoms with van der Waals surface area (Å²) in [5.41, 5.74) is -0.572. The molecule has 0 unspecified atom stereocenters. The maximum absolute atomic E-state index is 14.9. The molecule has 9 nitrogen and oxygen atoms in total. The zero-order chi connectivity index (χ0) is 33.2. The van der Waals surface area contributed by atoms with E-state index in [2.05, 4.69) is 22.0 Å². The minimum atomic E-state index is -4.71. The number of nitrogens with one attached hydrogen (secondary N) is 2. The van der Waals surface area contributed by atoms with Gasteiger partial charge in [-0.3, -0.25) is 14.1 Å². The molecule has 2 N–H and O–H groups in total. The van der Waals surface area contributed by atoms with Crippen LogP contribution in [0.25, 0.3) is 11.1 Å². The van der Waals surface area contributed by atoms with Crippen molar-refractivity contribution in [3.8, 4) is 11.1 Å². The summed E-state index contributed by atoms with van der Waals surface area (Å²) in [5.74, 6) is -5.21.